The Morgan fingerprint density at radius 3 is 2.67 bits per heavy atom. The maximum absolute atomic E-state index is 13.0. The fraction of sp³-hybridized carbons (Fsp3) is 0.385. The third-order valence-electron chi connectivity index (χ3n) is 5.95. The maximum Gasteiger partial charge on any atom is 0.343 e. The second-order valence-electron chi connectivity index (χ2n) is 8.55. The summed E-state index contributed by atoms with van der Waals surface area (Å²) in [6, 6.07) is 7.96. The largest absolute Gasteiger partial charge is 0.453 e. The molecule has 2 unspecified atom stereocenters. The Morgan fingerprint density at radius 2 is 2.00 bits per heavy atom. The fourth-order valence-corrected chi connectivity index (χ4v) is 4.17. The first-order valence-corrected chi connectivity index (χ1v) is 11.8. The number of benzene rings is 1. The Hall–Kier alpha value is -3.76. The molecule has 3 heterocycles. The molecule has 1 amide bonds. The lowest BCUT2D eigenvalue weighted by Crippen LogP contribution is -2.52. The molecule has 1 fully saturated rings. The van der Waals surface area contributed by atoms with Crippen molar-refractivity contribution in [1.82, 2.24) is 10.6 Å². The Labute approximate surface area is 206 Å². The SMILES string of the molecule is CCc1c(-c2cc3ccccc3o2)oc(=O)c(C)c1OC(=O)CC(NC(C)=O)C(=O)C1CNCCO1. The first-order chi connectivity index (χ1) is 17.3. The van der Waals surface area contributed by atoms with E-state index in [1.165, 1.54) is 13.8 Å². The highest BCUT2D eigenvalue weighted by molar-refractivity contribution is 5.95. The van der Waals surface area contributed by atoms with E-state index >= 15 is 0 Å². The molecule has 2 N–H and O–H groups in total. The summed E-state index contributed by atoms with van der Waals surface area (Å²) in [5.41, 5.74) is 0.526. The molecular formula is C26H28N2O8. The Morgan fingerprint density at radius 1 is 1.22 bits per heavy atom. The van der Waals surface area contributed by atoms with E-state index < -0.39 is 41.9 Å². The van der Waals surface area contributed by atoms with E-state index in [4.69, 9.17) is 18.3 Å². The minimum absolute atomic E-state index is 0.0545. The third-order valence-corrected chi connectivity index (χ3v) is 5.95. The molecule has 0 saturated carbocycles. The number of rotatable bonds is 8. The summed E-state index contributed by atoms with van der Waals surface area (Å²) in [6.45, 7) is 5.82. The minimum atomic E-state index is -1.14. The predicted molar refractivity (Wildman–Crippen MR) is 130 cm³/mol. The van der Waals surface area contributed by atoms with Gasteiger partial charge in [-0.3, -0.25) is 14.4 Å². The van der Waals surface area contributed by atoms with Crippen molar-refractivity contribution in [2.75, 3.05) is 19.7 Å². The summed E-state index contributed by atoms with van der Waals surface area (Å²) in [6.07, 6.45) is -0.851. The Balaban J connectivity index is 1.63. The zero-order valence-electron chi connectivity index (χ0n) is 20.3. The van der Waals surface area contributed by atoms with Gasteiger partial charge in [0.05, 0.1) is 18.6 Å². The molecule has 36 heavy (non-hydrogen) atoms. The molecule has 0 bridgehead atoms. The van der Waals surface area contributed by atoms with Crippen LogP contribution in [0.3, 0.4) is 0 Å². The Kier molecular flexibility index (Phi) is 7.66. The van der Waals surface area contributed by atoms with Crippen LogP contribution in [-0.2, 0) is 25.5 Å². The van der Waals surface area contributed by atoms with E-state index in [-0.39, 0.29) is 23.6 Å². The van der Waals surface area contributed by atoms with Crippen molar-refractivity contribution in [1.29, 1.82) is 0 Å². The highest BCUT2D eigenvalue weighted by Gasteiger charge is 2.32. The summed E-state index contributed by atoms with van der Waals surface area (Å²) >= 11 is 0. The van der Waals surface area contributed by atoms with Gasteiger partial charge in [0.2, 0.25) is 5.91 Å². The number of para-hydroxylation sites is 1. The van der Waals surface area contributed by atoms with Crippen LogP contribution in [0.2, 0.25) is 0 Å². The summed E-state index contributed by atoms with van der Waals surface area (Å²) < 4.78 is 22.5. The van der Waals surface area contributed by atoms with E-state index in [1.54, 1.807) is 12.1 Å². The van der Waals surface area contributed by atoms with Gasteiger partial charge in [-0.25, -0.2) is 4.79 Å². The molecule has 0 aliphatic carbocycles. The van der Waals surface area contributed by atoms with Crippen LogP contribution in [-0.4, -0.2) is 49.5 Å². The van der Waals surface area contributed by atoms with Crippen LogP contribution in [0.1, 0.15) is 31.4 Å². The zero-order valence-corrected chi connectivity index (χ0v) is 20.3. The molecule has 4 rings (SSSR count). The lowest BCUT2D eigenvalue weighted by molar-refractivity contribution is -0.142. The molecule has 1 saturated heterocycles. The van der Waals surface area contributed by atoms with Crippen LogP contribution < -0.4 is 21.0 Å². The summed E-state index contributed by atoms with van der Waals surface area (Å²) in [5.74, 6) is -1.14. The monoisotopic (exact) mass is 496 g/mol. The molecule has 1 aromatic carbocycles. The molecule has 10 nitrogen and oxygen atoms in total. The molecule has 190 valence electrons. The van der Waals surface area contributed by atoms with Crippen molar-refractivity contribution in [2.24, 2.45) is 0 Å². The van der Waals surface area contributed by atoms with Crippen LogP contribution in [0.25, 0.3) is 22.5 Å². The molecule has 3 aromatic rings. The summed E-state index contributed by atoms with van der Waals surface area (Å²) in [7, 11) is 0. The van der Waals surface area contributed by atoms with Crippen molar-refractivity contribution < 1.29 is 32.7 Å². The van der Waals surface area contributed by atoms with Crippen molar-refractivity contribution in [3.8, 4) is 17.3 Å². The molecule has 2 aromatic heterocycles. The van der Waals surface area contributed by atoms with Gasteiger partial charge in [-0.2, -0.15) is 0 Å². The summed E-state index contributed by atoms with van der Waals surface area (Å²) in [5, 5.41) is 6.38. The van der Waals surface area contributed by atoms with Gasteiger partial charge in [-0.15, -0.1) is 0 Å². The molecule has 10 heteroatoms. The normalized spacial score (nSPS) is 16.5. The van der Waals surface area contributed by atoms with Crippen molar-refractivity contribution in [3.63, 3.8) is 0 Å². The van der Waals surface area contributed by atoms with Crippen LogP contribution in [0.4, 0.5) is 0 Å². The average molecular weight is 497 g/mol. The van der Waals surface area contributed by atoms with Crippen LogP contribution >= 0.6 is 0 Å². The van der Waals surface area contributed by atoms with Gasteiger partial charge >= 0.3 is 11.6 Å². The van der Waals surface area contributed by atoms with Gasteiger partial charge in [0.15, 0.2) is 17.3 Å². The number of nitrogens with one attached hydrogen (secondary N) is 2. The number of hydrogen-bond donors (Lipinski definition) is 2. The lowest BCUT2D eigenvalue weighted by Gasteiger charge is -2.26. The number of morpholine rings is 1. The van der Waals surface area contributed by atoms with Crippen LogP contribution in [0.5, 0.6) is 5.75 Å². The standard InChI is InChI=1S/C26H28N2O8/c1-4-17-24(14(2)26(32)36-25(17)20-11-16-7-5-6-8-19(16)34-20)35-22(30)12-18(28-15(3)29)23(31)21-13-27-9-10-33-21/h5-8,11,18,21,27H,4,9-10,12-13H2,1-3H3,(H,28,29). The van der Waals surface area contributed by atoms with Gasteiger partial charge in [0.1, 0.15) is 23.5 Å². The minimum Gasteiger partial charge on any atom is -0.453 e. The van der Waals surface area contributed by atoms with Crippen molar-refractivity contribution in [2.45, 2.75) is 45.8 Å². The van der Waals surface area contributed by atoms with Crippen molar-refractivity contribution >= 4 is 28.6 Å². The Bertz CT molecular complexity index is 1320. The number of ether oxygens (including phenoxy) is 2. The first-order valence-electron chi connectivity index (χ1n) is 11.8. The lowest BCUT2D eigenvalue weighted by atomic mass is 10.0. The number of amides is 1. The van der Waals surface area contributed by atoms with E-state index in [1.807, 2.05) is 25.1 Å². The highest BCUT2D eigenvalue weighted by atomic mass is 16.5. The number of carbonyl (C=O) groups excluding carboxylic acids is 3. The maximum atomic E-state index is 13.0. The van der Waals surface area contributed by atoms with E-state index in [0.717, 1.165) is 5.39 Å². The van der Waals surface area contributed by atoms with Gasteiger partial charge < -0.3 is 28.9 Å². The molecule has 2 atom stereocenters. The molecule has 0 radical (unpaired) electrons. The third kappa shape index (κ3) is 5.39. The number of Topliss-reactive ketones (excluding diaryl/α,β-unsaturated/α-hetero) is 1. The topological polar surface area (TPSA) is 137 Å². The quantitative estimate of drug-likeness (QED) is 0.450. The van der Waals surface area contributed by atoms with Gasteiger partial charge in [-0.05, 0) is 25.5 Å². The van der Waals surface area contributed by atoms with E-state index in [0.29, 0.717) is 36.5 Å². The van der Waals surface area contributed by atoms with Crippen LogP contribution in [0, 0.1) is 6.92 Å². The van der Waals surface area contributed by atoms with Gasteiger partial charge in [0.25, 0.3) is 0 Å². The highest BCUT2D eigenvalue weighted by Crippen LogP contribution is 2.35. The number of ketones is 1. The predicted octanol–water partition coefficient (Wildman–Crippen LogP) is 2.28. The molecular weight excluding hydrogens is 468 g/mol. The van der Waals surface area contributed by atoms with Gasteiger partial charge in [0, 0.05) is 31.0 Å². The van der Waals surface area contributed by atoms with Gasteiger partial charge in [-0.1, -0.05) is 25.1 Å². The van der Waals surface area contributed by atoms with E-state index in [9.17, 15) is 19.2 Å². The second kappa shape index (κ2) is 10.9. The second-order valence-corrected chi connectivity index (χ2v) is 8.55. The van der Waals surface area contributed by atoms with Crippen molar-refractivity contribution in [3.05, 3.63) is 51.9 Å². The number of hydrogen-bond acceptors (Lipinski definition) is 9. The van der Waals surface area contributed by atoms with Crippen LogP contribution in [0.15, 0.2) is 44.0 Å². The number of carbonyl (C=O) groups is 3. The first kappa shape index (κ1) is 25.3. The molecule has 0 spiro atoms. The smallest absolute Gasteiger partial charge is 0.343 e. The zero-order chi connectivity index (χ0) is 25.8. The number of furan rings is 1. The average Bonchev–Trinajstić information content (AvgIpc) is 3.30. The number of esters is 1. The molecule has 1 aliphatic rings. The fourth-order valence-electron chi connectivity index (χ4n) is 4.17. The number of fused-ring (bicyclic) bond motifs is 1. The summed E-state index contributed by atoms with van der Waals surface area (Å²) in [4.78, 5) is 50.3. The molecule has 1 aliphatic heterocycles. The van der Waals surface area contributed by atoms with E-state index in [2.05, 4.69) is 10.6 Å².